The number of likely N-dealkylation sites (tertiary alicyclic amines) is 1. The van der Waals surface area contributed by atoms with E-state index >= 15 is 0 Å². The maximum absolute atomic E-state index is 12.7. The molecule has 5 nitrogen and oxygen atoms in total. The molecule has 0 aromatic rings. The first-order valence-corrected chi connectivity index (χ1v) is 8.24. The van der Waals surface area contributed by atoms with E-state index in [9.17, 15) is 14.4 Å². The summed E-state index contributed by atoms with van der Waals surface area (Å²) in [4.78, 5) is 37.8. The lowest BCUT2D eigenvalue weighted by molar-refractivity contribution is -0.139. The summed E-state index contributed by atoms with van der Waals surface area (Å²) < 4.78 is 0. The molecule has 4 atom stereocenters. The van der Waals surface area contributed by atoms with E-state index in [0.717, 1.165) is 12.8 Å². The molecular weight excluding hydrogens is 280 g/mol. The van der Waals surface area contributed by atoms with Gasteiger partial charge in [0.1, 0.15) is 0 Å². The lowest BCUT2D eigenvalue weighted by atomic mass is 9.80. The second kappa shape index (κ2) is 6.01. The van der Waals surface area contributed by atoms with E-state index in [1.807, 2.05) is 0 Å². The van der Waals surface area contributed by atoms with Gasteiger partial charge in [-0.15, -0.1) is 0 Å². The highest BCUT2D eigenvalue weighted by Gasteiger charge is 2.55. The highest BCUT2D eigenvalue weighted by atomic mass is 16.2. The van der Waals surface area contributed by atoms with Gasteiger partial charge < -0.3 is 10.2 Å². The van der Waals surface area contributed by atoms with Crippen LogP contribution in [0.15, 0.2) is 0 Å². The number of rotatable bonds is 6. The average Bonchev–Trinajstić information content (AvgIpc) is 3.06. The van der Waals surface area contributed by atoms with Crippen LogP contribution in [0.1, 0.15) is 53.9 Å². The number of piperidine rings is 1. The number of hydrogen-bond donors (Lipinski definition) is 1. The Bertz CT molecular complexity index is 486. The molecule has 1 saturated heterocycles. The van der Waals surface area contributed by atoms with Crippen LogP contribution < -0.4 is 5.32 Å². The third kappa shape index (κ3) is 3.33. The number of ketones is 1. The van der Waals surface area contributed by atoms with Crippen molar-refractivity contribution in [3.05, 3.63) is 0 Å². The summed E-state index contributed by atoms with van der Waals surface area (Å²) in [7, 11) is 0. The number of carbonyl (C=O) groups excluding carboxylic acids is 3. The summed E-state index contributed by atoms with van der Waals surface area (Å²) >= 11 is 0. The first kappa shape index (κ1) is 17.0. The zero-order chi connectivity index (χ0) is 16.7. The average molecular weight is 308 g/mol. The number of Topliss-reactive ketones (excluding diaryl/α,β-unsaturated/α-hetero) is 1. The Kier molecular flexibility index (Phi) is 4.64. The molecule has 1 heterocycles. The molecule has 2 aliphatic rings. The first-order chi connectivity index (χ1) is 10.2. The van der Waals surface area contributed by atoms with Gasteiger partial charge in [-0.25, -0.2) is 0 Å². The number of fused-ring (bicyclic) bond motifs is 1. The first-order valence-electron chi connectivity index (χ1n) is 8.24. The molecule has 1 aliphatic heterocycles. The van der Waals surface area contributed by atoms with Crippen LogP contribution in [0.4, 0.5) is 0 Å². The van der Waals surface area contributed by atoms with Gasteiger partial charge >= 0.3 is 0 Å². The number of nitrogens with one attached hydrogen (secondary N) is 1. The zero-order valence-corrected chi connectivity index (χ0v) is 14.3. The second-order valence-corrected chi connectivity index (χ2v) is 7.56. The molecule has 22 heavy (non-hydrogen) atoms. The maximum Gasteiger partial charge on any atom is 0.225 e. The van der Waals surface area contributed by atoms with E-state index in [1.54, 1.807) is 11.8 Å². The van der Waals surface area contributed by atoms with Gasteiger partial charge in [0.25, 0.3) is 0 Å². The van der Waals surface area contributed by atoms with Gasteiger partial charge in [-0.3, -0.25) is 14.4 Å². The summed E-state index contributed by atoms with van der Waals surface area (Å²) in [6.07, 6.45) is 2.21. The Morgan fingerprint density at radius 3 is 2.41 bits per heavy atom. The van der Waals surface area contributed by atoms with Gasteiger partial charge in [-0.05, 0) is 37.0 Å². The smallest absolute Gasteiger partial charge is 0.225 e. The van der Waals surface area contributed by atoms with Gasteiger partial charge in [0, 0.05) is 25.9 Å². The van der Waals surface area contributed by atoms with Crippen LogP contribution in [-0.4, -0.2) is 41.1 Å². The molecule has 124 valence electrons. The van der Waals surface area contributed by atoms with E-state index in [2.05, 4.69) is 26.1 Å². The molecule has 0 aromatic heterocycles. The van der Waals surface area contributed by atoms with Crippen molar-refractivity contribution in [2.24, 2.45) is 17.3 Å². The largest absolute Gasteiger partial charge is 0.353 e. The molecule has 0 radical (unpaired) electrons. The van der Waals surface area contributed by atoms with Crippen molar-refractivity contribution in [2.75, 3.05) is 6.54 Å². The molecule has 2 fully saturated rings. The van der Waals surface area contributed by atoms with E-state index in [-0.39, 0.29) is 41.5 Å². The highest BCUT2D eigenvalue weighted by molar-refractivity contribution is 5.89. The molecule has 2 unspecified atom stereocenters. The van der Waals surface area contributed by atoms with E-state index < -0.39 is 0 Å². The molecule has 2 rings (SSSR count). The van der Waals surface area contributed by atoms with Crippen molar-refractivity contribution >= 4 is 17.6 Å². The van der Waals surface area contributed by atoms with Crippen LogP contribution in [0.3, 0.4) is 0 Å². The normalized spacial score (nSPS) is 28.0. The number of amides is 2. The molecule has 1 aliphatic carbocycles. The minimum atomic E-state index is -0.236. The zero-order valence-electron chi connectivity index (χ0n) is 14.3. The second-order valence-electron chi connectivity index (χ2n) is 7.56. The fraction of sp³-hybridized carbons (Fsp3) is 0.824. The van der Waals surface area contributed by atoms with Gasteiger partial charge in [0.05, 0.1) is 6.04 Å². The molecule has 2 amide bonds. The Morgan fingerprint density at radius 2 is 1.91 bits per heavy atom. The third-order valence-electron chi connectivity index (χ3n) is 5.50. The lowest BCUT2D eigenvalue weighted by Gasteiger charge is -2.35. The van der Waals surface area contributed by atoms with Crippen LogP contribution in [0.5, 0.6) is 0 Å². The van der Waals surface area contributed by atoms with Crippen molar-refractivity contribution < 1.29 is 14.4 Å². The van der Waals surface area contributed by atoms with Crippen LogP contribution in [0.25, 0.3) is 0 Å². The number of nitrogens with zero attached hydrogens (tertiary/aromatic N) is 1. The van der Waals surface area contributed by atoms with Gasteiger partial charge in [-0.1, -0.05) is 20.8 Å². The quantitative estimate of drug-likeness (QED) is 0.813. The fourth-order valence-electron chi connectivity index (χ4n) is 3.55. The van der Waals surface area contributed by atoms with Crippen molar-refractivity contribution in [2.45, 2.75) is 66.0 Å². The molecule has 5 heteroatoms. The van der Waals surface area contributed by atoms with Crippen LogP contribution in [0, 0.1) is 17.3 Å². The Labute approximate surface area is 132 Å². The van der Waals surface area contributed by atoms with Crippen molar-refractivity contribution in [1.82, 2.24) is 10.2 Å². The van der Waals surface area contributed by atoms with Crippen molar-refractivity contribution in [1.29, 1.82) is 0 Å². The Morgan fingerprint density at radius 1 is 1.27 bits per heavy atom. The monoisotopic (exact) mass is 308 g/mol. The third-order valence-corrected chi connectivity index (χ3v) is 5.50. The standard InChI is InChI=1S/C17H28N2O3/c1-6-17(4,5)14(18-11(3)21)8-15(22)19-9-12-7-13(12)16(19)10(2)20/h12-14,16H,6-9H2,1-5H3,(H,18,21)/t12-,13-,14?,16?/m0/s1. The van der Waals surface area contributed by atoms with Crippen molar-refractivity contribution in [3.8, 4) is 0 Å². The predicted octanol–water partition coefficient (Wildman–Crippen LogP) is 1.75. The Balaban J connectivity index is 2.07. The molecule has 0 aromatic carbocycles. The van der Waals surface area contributed by atoms with Crippen LogP contribution in [-0.2, 0) is 14.4 Å². The van der Waals surface area contributed by atoms with Crippen molar-refractivity contribution in [3.63, 3.8) is 0 Å². The summed E-state index contributed by atoms with van der Waals surface area (Å²) in [5.41, 5.74) is -0.157. The Hall–Kier alpha value is -1.39. The van der Waals surface area contributed by atoms with E-state index in [1.165, 1.54) is 6.92 Å². The minimum Gasteiger partial charge on any atom is -0.353 e. The van der Waals surface area contributed by atoms with Gasteiger partial charge in [0.2, 0.25) is 11.8 Å². The number of hydrogen-bond acceptors (Lipinski definition) is 3. The number of carbonyl (C=O) groups is 3. The molecule has 0 bridgehead atoms. The molecule has 1 saturated carbocycles. The van der Waals surface area contributed by atoms with Gasteiger partial charge in [0.15, 0.2) is 5.78 Å². The molecular formula is C17H28N2O3. The van der Waals surface area contributed by atoms with Crippen LogP contribution in [0.2, 0.25) is 0 Å². The summed E-state index contributed by atoms with van der Waals surface area (Å²) in [6.45, 7) is 9.94. The topological polar surface area (TPSA) is 66.5 Å². The molecule has 1 N–H and O–H groups in total. The van der Waals surface area contributed by atoms with E-state index in [0.29, 0.717) is 18.4 Å². The highest BCUT2D eigenvalue weighted by Crippen LogP contribution is 2.50. The van der Waals surface area contributed by atoms with E-state index in [4.69, 9.17) is 0 Å². The SMILES string of the molecule is CCC(C)(C)C(CC(=O)N1C[C@@H]2C[C@@H]2C1C(C)=O)NC(C)=O. The maximum atomic E-state index is 12.7. The summed E-state index contributed by atoms with van der Waals surface area (Å²) in [5, 5.41) is 2.92. The summed E-state index contributed by atoms with van der Waals surface area (Å²) in [6, 6.07) is -0.438. The summed E-state index contributed by atoms with van der Waals surface area (Å²) in [5.74, 6) is 0.847. The predicted molar refractivity (Wildman–Crippen MR) is 84.1 cm³/mol. The lowest BCUT2D eigenvalue weighted by Crippen LogP contribution is -2.50. The van der Waals surface area contributed by atoms with Gasteiger partial charge in [-0.2, -0.15) is 0 Å². The van der Waals surface area contributed by atoms with Crippen LogP contribution >= 0.6 is 0 Å². The fourth-order valence-corrected chi connectivity index (χ4v) is 3.55. The minimum absolute atomic E-state index is 0.00678. The molecule has 0 spiro atoms.